The van der Waals surface area contributed by atoms with Gasteiger partial charge < -0.3 is 10.5 Å². The fraction of sp³-hybridized carbons (Fsp3) is 0.176. The third kappa shape index (κ3) is 2.20. The van der Waals surface area contributed by atoms with Gasteiger partial charge in [-0.2, -0.15) is 0 Å². The molecule has 0 bridgehead atoms. The Morgan fingerprint density at radius 1 is 1.14 bits per heavy atom. The lowest BCUT2D eigenvalue weighted by Crippen LogP contribution is -2.46. The highest BCUT2D eigenvalue weighted by molar-refractivity contribution is 6.12. The van der Waals surface area contributed by atoms with Gasteiger partial charge in [0.1, 0.15) is 11.8 Å². The molecule has 0 aliphatic carbocycles. The van der Waals surface area contributed by atoms with Gasteiger partial charge in [-0.3, -0.25) is 14.5 Å². The van der Waals surface area contributed by atoms with Crippen LogP contribution in [0.3, 0.4) is 0 Å². The first-order chi connectivity index (χ1) is 10.6. The molecular weight excluding hydrogens is 280 g/mol. The van der Waals surface area contributed by atoms with E-state index in [0.717, 1.165) is 11.3 Å². The van der Waals surface area contributed by atoms with Crippen LogP contribution in [0.5, 0.6) is 5.75 Å². The lowest BCUT2D eigenvalue weighted by atomic mass is 10.1. The lowest BCUT2D eigenvalue weighted by molar-refractivity contribution is -0.119. The van der Waals surface area contributed by atoms with Crippen LogP contribution in [-0.4, -0.2) is 25.0 Å². The van der Waals surface area contributed by atoms with Crippen molar-refractivity contribution < 1.29 is 14.3 Å². The first-order valence-electron chi connectivity index (χ1n) is 6.97. The van der Waals surface area contributed by atoms with Crippen LogP contribution < -0.4 is 15.4 Å². The van der Waals surface area contributed by atoms with E-state index in [0.29, 0.717) is 17.7 Å². The molecular formula is C17H16N2O3. The summed E-state index contributed by atoms with van der Waals surface area (Å²) in [6.07, 6.45) is 0.437. The SMILES string of the molecule is COc1ccccc1C(=O)N1c2ccccc2C[C@H]1C(N)=O. The van der Waals surface area contributed by atoms with E-state index in [4.69, 9.17) is 10.5 Å². The fourth-order valence-electron chi connectivity index (χ4n) is 2.82. The maximum Gasteiger partial charge on any atom is 0.262 e. The molecule has 0 radical (unpaired) electrons. The van der Waals surface area contributed by atoms with E-state index < -0.39 is 11.9 Å². The Labute approximate surface area is 128 Å². The molecule has 112 valence electrons. The number of methoxy groups -OCH3 is 1. The normalized spacial score (nSPS) is 16.2. The van der Waals surface area contributed by atoms with Crippen molar-refractivity contribution >= 4 is 17.5 Å². The summed E-state index contributed by atoms with van der Waals surface area (Å²) in [5.41, 5.74) is 7.56. The van der Waals surface area contributed by atoms with Crippen molar-refractivity contribution in [2.45, 2.75) is 12.5 Å². The number of hydrogen-bond acceptors (Lipinski definition) is 3. The smallest absolute Gasteiger partial charge is 0.262 e. The minimum absolute atomic E-state index is 0.286. The number of ether oxygens (including phenoxy) is 1. The Bertz CT molecular complexity index is 742. The molecule has 1 atom stereocenters. The van der Waals surface area contributed by atoms with Gasteiger partial charge in [0.15, 0.2) is 0 Å². The van der Waals surface area contributed by atoms with Gasteiger partial charge in [0, 0.05) is 12.1 Å². The standard InChI is InChI=1S/C17H16N2O3/c1-22-15-9-5-3-7-12(15)17(21)19-13-8-4-2-6-11(13)10-14(19)16(18)20/h2-9,14H,10H2,1H3,(H2,18,20)/t14-/m0/s1. The number of carbonyl (C=O) groups is 2. The summed E-state index contributed by atoms with van der Waals surface area (Å²) >= 11 is 0. The predicted octanol–water partition coefficient (Wildman–Crippen LogP) is 1.75. The van der Waals surface area contributed by atoms with Gasteiger partial charge in [-0.05, 0) is 23.8 Å². The Morgan fingerprint density at radius 2 is 1.82 bits per heavy atom. The second-order valence-corrected chi connectivity index (χ2v) is 5.13. The highest BCUT2D eigenvalue weighted by atomic mass is 16.5. The number of nitrogens with two attached hydrogens (primary N) is 1. The molecule has 5 heteroatoms. The number of anilines is 1. The van der Waals surface area contributed by atoms with E-state index in [1.807, 2.05) is 24.3 Å². The van der Waals surface area contributed by atoms with Crippen LogP contribution in [-0.2, 0) is 11.2 Å². The number of amides is 2. The zero-order valence-electron chi connectivity index (χ0n) is 12.2. The monoisotopic (exact) mass is 296 g/mol. The Morgan fingerprint density at radius 3 is 2.55 bits per heavy atom. The molecule has 2 N–H and O–H groups in total. The van der Waals surface area contributed by atoms with Crippen LogP contribution >= 0.6 is 0 Å². The average molecular weight is 296 g/mol. The van der Waals surface area contributed by atoms with Gasteiger partial charge in [0.25, 0.3) is 5.91 Å². The Hall–Kier alpha value is -2.82. The van der Waals surface area contributed by atoms with Gasteiger partial charge in [-0.25, -0.2) is 0 Å². The van der Waals surface area contributed by atoms with Crippen molar-refractivity contribution in [1.29, 1.82) is 0 Å². The van der Waals surface area contributed by atoms with Crippen LogP contribution in [0.1, 0.15) is 15.9 Å². The second-order valence-electron chi connectivity index (χ2n) is 5.13. The highest BCUT2D eigenvalue weighted by Gasteiger charge is 2.38. The van der Waals surface area contributed by atoms with E-state index in [1.54, 1.807) is 24.3 Å². The molecule has 3 rings (SSSR count). The van der Waals surface area contributed by atoms with Gasteiger partial charge in [-0.1, -0.05) is 30.3 Å². The highest BCUT2D eigenvalue weighted by Crippen LogP contribution is 2.34. The first-order valence-corrected chi connectivity index (χ1v) is 6.97. The zero-order valence-corrected chi connectivity index (χ0v) is 12.2. The number of hydrogen-bond donors (Lipinski definition) is 1. The molecule has 2 aromatic carbocycles. The van der Waals surface area contributed by atoms with Gasteiger partial charge in [0.05, 0.1) is 12.7 Å². The van der Waals surface area contributed by atoms with E-state index in [9.17, 15) is 9.59 Å². The third-order valence-electron chi connectivity index (χ3n) is 3.86. The molecule has 0 saturated carbocycles. The molecule has 22 heavy (non-hydrogen) atoms. The van der Waals surface area contributed by atoms with Crippen molar-refractivity contribution in [3.63, 3.8) is 0 Å². The van der Waals surface area contributed by atoms with Crippen molar-refractivity contribution in [3.05, 3.63) is 59.7 Å². The number of rotatable bonds is 3. The Kier molecular flexibility index (Phi) is 3.55. The van der Waals surface area contributed by atoms with Crippen molar-refractivity contribution in [2.24, 2.45) is 5.73 Å². The first kappa shape index (κ1) is 14.1. The second kappa shape index (κ2) is 5.52. The topological polar surface area (TPSA) is 72.6 Å². The molecule has 5 nitrogen and oxygen atoms in total. The predicted molar refractivity (Wildman–Crippen MR) is 82.9 cm³/mol. The molecule has 1 aliphatic heterocycles. The Balaban J connectivity index is 2.08. The van der Waals surface area contributed by atoms with E-state index in [2.05, 4.69) is 0 Å². The van der Waals surface area contributed by atoms with E-state index in [1.165, 1.54) is 12.0 Å². The van der Waals surface area contributed by atoms with Gasteiger partial charge >= 0.3 is 0 Å². The van der Waals surface area contributed by atoms with Gasteiger partial charge in [-0.15, -0.1) is 0 Å². The van der Waals surface area contributed by atoms with Gasteiger partial charge in [0.2, 0.25) is 5.91 Å². The molecule has 0 aromatic heterocycles. The summed E-state index contributed by atoms with van der Waals surface area (Å²) in [6, 6.07) is 13.7. The summed E-state index contributed by atoms with van der Waals surface area (Å²) in [7, 11) is 1.51. The lowest BCUT2D eigenvalue weighted by Gasteiger charge is -2.24. The number of benzene rings is 2. The third-order valence-corrected chi connectivity index (χ3v) is 3.86. The van der Waals surface area contributed by atoms with E-state index in [-0.39, 0.29) is 5.91 Å². The molecule has 0 saturated heterocycles. The minimum atomic E-state index is -0.671. The number of carbonyl (C=O) groups excluding carboxylic acids is 2. The summed E-state index contributed by atoms with van der Waals surface area (Å²) in [5.74, 6) is -0.328. The van der Waals surface area contributed by atoms with Crippen LogP contribution in [0, 0.1) is 0 Å². The summed E-state index contributed by atoms with van der Waals surface area (Å²) < 4.78 is 5.25. The molecule has 2 aromatic rings. The zero-order chi connectivity index (χ0) is 15.7. The summed E-state index contributed by atoms with van der Waals surface area (Å²) in [5, 5.41) is 0. The van der Waals surface area contributed by atoms with Crippen LogP contribution in [0.4, 0.5) is 5.69 Å². The fourth-order valence-corrected chi connectivity index (χ4v) is 2.82. The maximum absolute atomic E-state index is 12.9. The van der Waals surface area contributed by atoms with Crippen LogP contribution in [0.15, 0.2) is 48.5 Å². The molecule has 0 unspecified atom stereocenters. The number of fused-ring (bicyclic) bond motifs is 1. The van der Waals surface area contributed by atoms with Crippen LogP contribution in [0.25, 0.3) is 0 Å². The minimum Gasteiger partial charge on any atom is -0.496 e. The molecule has 2 amide bonds. The quantitative estimate of drug-likeness (QED) is 0.938. The summed E-state index contributed by atoms with van der Waals surface area (Å²) in [4.78, 5) is 26.2. The number of primary amides is 1. The van der Waals surface area contributed by atoms with Crippen molar-refractivity contribution in [2.75, 3.05) is 12.0 Å². The average Bonchev–Trinajstić information content (AvgIpc) is 2.94. The number of nitrogens with zero attached hydrogens (tertiary/aromatic N) is 1. The van der Waals surface area contributed by atoms with Crippen molar-refractivity contribution in [3.8, 4) is 5.75 Å². The molecule has 1 heterocycles. The van der Waals surface area contributed by atoms with E-state index >= 15 is 0 Å². The van der Waals surface area contributed by atoms with Crippen molar-refractivity contribution in [1.82, 2.24) is 0 Å². The largest absolute Gasteiger partial charge is 0.496 e. The number of para-hydroxylation sites is 2. The summed E-state index contributed by atoms with van der Waals surface area (Å²) in [6.45, 7) is 0. The molecule has 0 fully saturated rings. The molecule has 0 spiro atoms. The maximum atomic E-state index is 12.9. The van der Waals surface area contributed by atoms with Crippen LogP contribution in [0.2, 0.25) is 0 Å². The molecule has 1 aliphatic rings.